The molecule has 0 radical (unpaired) electrons. The van der Waals surface area contributed by atoms with Gasteiger partial charge in [-0.1, -0.05) is 17.7 Å². The fraction of sp³-hybridized carbons (Fsp3) is 0.529. The Bertz CT molecular complexity index is 583. The van der Waals surface area contributed by atoms with Crippen LogP contribution in [0.25, 0.3) is 0 Å². The summed E-state index contributed by atoms with van der Waals surface area (Å²) >= 11 is 6.18. The highest BCUT2D eigenvalue weighted by Crippen LogP contribution is 2.25. The first-order valence-electron chi connectivity index (χ1n) is 8.13. The Hall–Kier alpha value is -1.83. The number of nitrogens with two attached hydrogens (primary N) is 1. The summed E-state index contributed by atoms with van der Waals surface area (Å²) in [5.74, 6) is 0.0177. The summed E-state index contributed by atoms with van der Waals surface area (Å²) < 4.78 is 5.53. The van der Waals surface area contributed by atoms with Crippen molar-refractivity contribution in [2.75, 3.05) is 19.7 Å². The van der Waals surface area contributed by atoms with Crippen LogP contribution in [0.4, 0.5) is 0 Å². The lowest BCUT2D eigenvalue weighted by Crippen LogP contribution is -2.38. The molecule has 0 bridgehead atoms. The van der Waals surface area contributed by atoms with E-state index in [1.165, 1.54) is 6.92 Å². The molecule has 1 rings (SSSR count). The van der Waals surface area contributed by atoms with E-state index < -0.39 is 12.0 Å². The van der Waals surface area contributed by atoms with Gasteiger partial charge in [0.25, 0.3) is 0 Å². The first-order chi connectivity index (χ1) is 11.8. The van der Waals surface area contributed by atoms with Crippen LogP contribution in [0.1, 0.15) is 25.8 Å². The number of hydrogen-bond donors (Lipinski definition) is 4. The number of primary amides is 1. The van der Waals surface area contributed by atoms with E-state index in [4.69, 9.17) is 22.1 Å². The van der Waals surface area contributed by atoms with Crippen LogP contribution in [0.3, 0.4) is 0 Å². The molecule has 140 valence electrons. The minimum atomic E-state index is -0.745. The molecule has 0 heterocycles. The maximum Gasteiger partial charge on any atom is 0.218 e. The van der Waals surface area contributed by atoms with Crippen molar-refractivity contribution >= 4 is 23.4 Å². The first-order valence-corrected chi connectivity index (χ1v) is 8.51. The van der Waals surface area contributed by atoms with Crippen molar-refractivity contribution in [2.24, 2.45) is 5.73 Å². The summed E-state index contributed by atoms with van der Waals surface area (Å²) in [5, 5.41) is 16.1. The van der Waals surface area contributed by atoms with Crippen molar-refractivity contribution in [3.05, 3.63) is 28.8 Å². The molecule has 0 saturated carbocycles. The second-order valence-electron chi connectivity index (χ2n) is 5.94. The summed E-state index contributed by atoms with van der Waals surface area (Å²) in [6.07, 6.45) is 0.134. The summed E-state index contributed by atoms with van der Waals surface area (Å²) in [4.78, 5) is 21.6. The molecule has 1 aromatic carbocycles. The van der Waals surface area contributed by atoms with E-state index in [0.717, 1.165) is 5.56 Å². The fourth-order valence-corrected chi connectivity index (χ4v) is 2.41. The number of benzene rings is 1. The van der Waals surface area contributed by atoms with Gasteiger partial charge in [-0.25, -0.2) is 0 Å². The number of rotatable bonds is 11. The minimum Gasteiger partial charge on any atom is -0.489 e. The van der Waals surface area contributed by atoms with Crippen molar-refractivity contribution in [2.45, 2.75) is 38.8 Å². The third-order valence-electron chi connectivity index (χ3n) is 3.42. The van der Waals surface area contributed by atoms with Gasteiger partial charge in [0.05, 0.1) is 5.02 Å². The number of hydrogen-bond acceptors (Lipinski definition) is 5. The van der Waals surface area contributed by atoms with E-state index in [2.05, 4.69) is 10.6 Å². The third kappa shape index (κ3) is 9.28. The van der Waals surface area contributed by atoms with Gasteiger partial charge in [0, 0.05) is 32.5 Å². The Morgan fingerprint density at radius 1 is 1.40 bits per heavy atom. The first kappa shape index (κ1) is 21.2. The van der Waals surface area contributed by atoms with Gasteiger partial charge in [0.1, 0.15) is 18.5 Å². The van der Waals surface area contributed by atoms with Crippen molar-refractivity contribution in [1.82, 2.24) is 10.6 Å². The Kier molecular flexibility index (Phi) is 9.26. The second-order valence-corrected chi connectivity index (χ2v) is 6.35. The Balaban J connectivity index is 2.38. The summed E-state index contributed by atoms with van der Waals surface area (Å²) in [7, 11) is 0. The SMILES string of the molecule is CC(=O)NCCc1ccc(OCC(O)CNC(C)CC(N)=O)c(Cl)c1. The number of aliphatic hydroxyl groups is 1. The predicted octanol–water partition coefficient (Wildman–Crippen LogP) is 0.612. The molecule has 7 nitrogen and oxygen atoms in total. The molecule has 0 saturated heterocycles. The number of carbonyl (C=O) groups excluding carboxylic acids is 2. The molecule has 1 aromatic rings. The molecule has 0 fully saturated rings. The zero-order valence-electron chi connectivity index (χ0n) is 14.5. The summed E-state index contributed by atoms with van der Waals surface area (Å²) in [6, 6.07) is 5.26. The fourth-order valence-electron chi connectivity index (χ4n) is 2.16. The van der Waals surface area contributed by atoms with Crippen molar-refractivity contribution in [1.29, 1.82) is 0 Å². The van der Waals surface area contributed by atoms with E-state index in [0.29, 0.717) is 23.7 Å². The van der Waals surface area contributed by atoms with Crippen LogP contribution in [-0.4, -0.2) is 48.8 Å². The number of halogens is 1. The van der Waals surface area contributed by atoms with Crippen molar-refractivity contribution in [3.63, 3.8) is 0 Å². The highest BCUT2D eigenvalue weighted by molar-refractivity contribution is 6.32. The van der Waals surface area contributed by atoms with Crippen molar-refractivity contribution in [3.8, 4) is 5.75 Å². The maximum atomic E-state index is 10.8. The topological polar surface area (TPSA) is 114 Å². The van der Waals surface area contributed by atoms with Gasteiger partial charge in [0.15, 0.2) is 0 Å². The maximum absolute atomic E-state index is 10.8. The van der Waals surface area contributed by atoms with Gasteiger partial charge >= 0.3 is 0 Å². The van der Waals surface area contributed by atoms with Gasteiger partial charge in [-0.3, -0.25) is 9.59 Å². The van der Waals surface area contributed by atoms with Crippen LogP contribution in [0.2, 0.25) is 5.02 Å². The molecule has 0 aliphatic carbocycles. The number of ether oxygens (including phenoxy) is 1. The van der Waals surface area contributed by atoms with Gasteiger partial charge in [-0.2, -0.15) is 0 Å². The third-order valence-corrected chi connectivity index (χ3v) is 3.72. The van der Waals surface area contributed by atoms with E-state index in [-0.39, 0.29) is 31.5 Å². The molecule has 2 unspecified atom stereocenters. The highest BCUT2D eigenvalue weighted by atomic mass is 35.5. The smallest absolute Gasteiger partial charge is 0.218 e. The van der Waals surface area contributed by atoms with E-state index >= 15 is 0 Å². The van der Waals surface area contributed by atoms with Gasteiger partial charge in [0.2, 0.25) is 11.8 Å². The van der Waals surface area contributed by atoms with Gasteiger partial charge in [-0.15, -0.1) is 0 Å². The summed E-state index contributed by atoms with van der Waals surface area (Å²) in [5.41, 5.74) is 6.09. The van der Waals surface area contributed by atoms with E-state index in [9.17, 15) is 14.7 Å². The van der Waals surface area contributed by atoms with Crippen LogP contribution in [0, 0.1) is 0 Å². The zero-order chi connectivity index (χ0) is 18.8. The molecule has 0 aromatic heterocycles. The standard InChI is InChI=1S/C17H26ClN3O4/c1-11(7-17(19)24)21-9-14(23)10-25-16-4-3-13(8-15(16)18)5-6-20-12(2)22/h3-4,8,11,14,21,23H,5-7,9-10H2,1-2H3,(H2,19,24)(H,20,22). The van der Waals surface area contributed by atoms with Crippen LogP contribution in [0.15, 0.2) is 18.2 Å². The molecule has 2 amide bonds. The molecular weight excluding hydrogens is 346 g/mol. The monoisotopic (exact) mass is 371 g/mol. The van der Waals surface area contributed by atoms with E-state index in [1.54, 1.807) is 12.1 Å². The van der Waals surface area contributed by atoms with E-state index in [1.807, 2.05) is 13.0 Å². The lowest BCUT2D eigenvalue weighted by atomic mass is 10.1. The molecular formula is C17H26ClN3O4. The summed E-state index contributed by atoms with van der Waals surface area (Å²) in [6.45, 7) is 4.18. The number of amides is 2. The van der Waals surface area contributed by atoms with Gasteiger partial charge in [-0.05, 0) is 31.0 Å². The second kappa shape index (κ2) is 10.9. The molecule has 5 N–H and O–H groups in total. The minimum absolute atomic E-state index is 0.0706. The molecule has 0 aliphatic heterocycles. The lowest BCUT2D eigenvalue weighted by Gasteiger charge is -2.17. The molecule has 8 heteroatoms. The average Bonchev–Trinajstić information content (AvgIpc) is 2.51. The quantitative estimate of drug-likeness (QED) is 0.455. The number of nitrogens with one attached hydrogen (secondary N) is 2. The average molecular weight is 372 g/mol. The number of carbonyl (C=O) groups is 2. The molecule has 0 aliphatic rings. The van der Waals surface area contributed by atoms with Crippen LogP contribution in [0.5, 0.6) is 5.75 Å². The predicted molar refractivity (Wildman–Crippen MR) is 96.6 cm³/mol. The Labute approximate surface area is 152 Å². The Morgan fingerprint density at radius 3 is 2.72 bits per heavy atom. The van der Waals surface area contributed by atoms with Crippen LogP contribution >= 0.6 is 11.6 Å². The Morgan fingerprint density at radius 2 is 2.12 bits per heavy atom. The zero-order valence-corrected chi connectivity index (χ0v) is 15.3. The normalized spacial score (nSPS) is 13.1. The van der Waals surface area contributed by atoms with Gasteiger partial charge < -0.3 is 26.2 Å². The van der Waals surface area contributed by atoms with Crippen LogP contribution in [-0.2, 0) is 16.0 Å². The lowest BCUT2D eigenvalue weighted by molar-refractivity contribution is -0.119. The molecule has 25 heavy (non-hydrogen) atoms. The highest BCUT2D eigenvalue weighted by Gasteiger charge is 2.11. The molecule has 0 spiro atoms. The largest absolute Gasteiger partial charge is 0.489 e. The van der Waals surface area contributed by atoms with Crippen LogP contribution < -0.4 is 21.1 Å². The molecule has 2 atom stereocenters. The van der Waals surface area contributed by atoms with Crippen molar-refractivity contribution < 1.29 is 19.4 Å². The number of aliphatic hydroxyl groups excluding tert-OH is 1.